The van der Waals surface area contributed by atoms with Crippen LogP contribution in [-0.2, 0) is 0 Å². The van der Waals surface area contributed by atoms with Crippen molar-refractivity contribution in [2.24, 2.45) is 11.8 Å². The van der Waals surface area contributed by atoms with Crippen LogP contribution in [0.3, 0.4) is 0 Å². The van der Waals surface area contributed by atoms with Crippen LogP contribution in [0.25, 0.3) is 0 Å². The number of anilines is 2. The molecule has 0 amide bonds. The van der Waals surface area contributed by atoms with Gasteiger partial charge in [-0.1, -0.05) is 6.07 Å². The standard InChI is InChI=1S/C12H21N5/c1-17-7-3-4-10(9-17)8-14-11-5-2-6-12(15-11)16-13/h2,5-6,10H,3-4,7-9,13H2,1H3,(H2,14,15,16). The summed E-state index contributed by atoms with van der Waals surface area (Å²) >= 11 is 0. The number of piperidine rings is 1. The lowest BCUT2D eigenvalue weighted by molar-refractivity contribution is 0.217. The first-order chi connectivity index (χ1) is 8.28. The summed E-state index contributed by atoms with van der Waals surface area (Å²) in [6, 6.07) is 5.75. The van der Waals surface area contributed by atoms with Crippen molar-refractivity contribution in [2.75, 3.05) is 37.4 Å². The number of nitrogens with zero attached hydrogens (tertiary/aromatic N) is 2. The zero-order chi connectivity index (χ0) is 12.1. The van der Waals surface area contributed by atoms with Crippen LogP contribution >= 0.6 is 0 Å². The zero-order valence-electron chi connectivity index (χ0n) is 10.3. The number of hydrogen-bond acceptors (Lipinski definition) is 5. The number of likely N-dealkylation sites (tertiary alicyclic amines) is 1. The smallest absolute Gasteiger partial charge is 0.142 e. The summed E-state index contributed by atoms with van der Waals surface area (Å²) in [5.74, 6) is 7.62. The molecule has 1 fully saturated rings. The van der Waals surface area contributed by atoms with Crippen LogP contribution in [0.2, 0.25) is 0 Å². The monoisotopic (exact) mass is 235 g/mol. The lowest BCUT2D eigenvalue weighted by Gasteiger charge is -2.29. The zero-order valence-corrected chi connectivity index (χ0v) is 10.3. The number of nitrogens with two attached hydrogens (primary N) is 1. The van der Waals surface area contributed by atoms with Crippen molar-refractivity contribution >= 4 is 11.6 Å². The molecule has 0 saturated carbocycles. The maximum Gasteiger partial charge on any atom is 0.142 e. The third-order valence-electron chi connectivity index (χ3n) is 3.19. The van der Waals surface area contributed by atoms with Gasteiger partial charge in [0.15, 0.2) is 0 Å². The fraction of sp³-hybridized carbons (Fsp3) is 0.583. The van der Waals surface area contributed by atoms with Gasteiger partial charge in [0.1, 0.15) is 11.6 Å². The lowest BCUT2D eigenvalue weighted by atomic mass is 9.98. The molecule has 4 N–H and O–H groups in total. The quantitative estimate of drug-likeness (QED) is 0.539. The van der Waals surface area contributed by atoms with E-state index in [4.69, 9.17) is 5.84 Å². The molecule has 1 aliphatic rings. The third kappa shape index (κ3) is 3.57. The number of hydrazine groups is 1. The Labute approximate surface area is 102 Å². The van der Waals surface area contributed by atoms with Gasteiger partial charge in [-0.05, 0) is 44.5 Å². The molecule has 0 aliphatic carbocycles. The van der Waals surface area contributed by atoms with Crippen LogP contribution in [0.1, 0.15) is 12.8 Å². The normalized spacial score (nSPS) is 21.2. The Morgan fingerprint density at radius 2 is 2.29 bits per heavy atom. The van der Waals surface area contributed by atoms with Crippen LogP contribution in [0, 0.1) is 5.92 Å². The Morgan fingerprint density at radius 1 is 1.47 bits per heavy atom. The van der Waals surface area contributed by atoms with Crippen molar-refractivity contribution in [1.82, 2.24) is 9.88 Å². The summed E-state index contributed by atoms with van der Waals surface area (Å²) < 4.78 is 0. The second kappa shape index (κ2) is 5.84. The second-order valence-corrected chi connectivity index (χ2v) is 4.70. The minimum Gasteiger partial charge on any atom is -0.370 e. The molecule has 1 aromatic rings. The first kappa shape index (κ1) is 12.1. The Hall–Kier alpha value is -1.33. The third-order valence-corrected chi connectivity index (χ3v) is 3.19. The number of hydrogen-bond donors (Lipinski definition) is 3. The Kier molecular flexibility index (Phi) is 4.17. The SMILES string of the molecule is CN1CCCC(CNc2cccc(NN)n2)C1. The van der Waals surface area contributed by atoms with Crippen LogP contribution in [0.15, 0.2) is 18.2 Å². The Morgan fingerprint density at radius 3 is 3.06 bits per heavy atom. The first-order valence-electron chi connectivity index (χ1n) is 6.14. The number of nitrogens with one attached hydrogen (secondary N) is 2. The van der Waals surface area contributed by atoms with Crippen LogP contribution in [0.5, 0.6) is 0 Å². The molecule has 0 radical (unpaired) electrons. The molecule has 17 heavy (non-hydrogen) atoms. The summed E-state index contributed by atoms with van der Waals surface area (Å²) in [4.78, 5) is 6.72. The van der Waals surface area contributed by atoms with E-state index in [-0.39, 0.29) is 0 Å². The predicted molar refractivity (Wildman–Crippen MR) is 70.8 cm³/mol. The second-order valence-electron chi connectivity index (χ2n) is 4.70. The van der Waals surface area contributed by atoms with E-state index in [9.17, 15) is 0 Å². The number of rotatable bonds is 4. The van der Waals surface area contributed by atoms with Gasteiger partial charge in [-0.15, -0.1) is 0 Å². The topological polar surface area (TPSA) is 66.2 Å². The highest BCUT2D eigenvalue weighted by Gasteiger charge is 2.16. The van der Waals surface area contributed by atoms with E-state index in [1.807, 2.05) is 18.2 Å². The van der Waals surface area contributed by atoms with Crippen molar-refractivity contribution in [1.29, 1.82) is 0 Å². The van der Waals surface area contributed by atoms with Gasteiger partial charge in [0.25, 0.3) is 0 Å². The molecule has 0 bridgehead atoms. The molecular formula is C12H21N5. The van der Waals surface area contributed by atoms with Gasteiger partial charge < -0.3 is 15.6 Å². The van der Waals surface area contributed by atoms with Crippen LogP contribution in [0.4, 0.5) is 11.6 Å². The molecule has 5 heteroatoms. The van der Waals surface area contributed by atoms with Crippen molar-refractivity contribution < 1.29 is 0 Å². The van der Waals surface area contributed by atoms with E-state index in [2.05, 4.69) is 27.7 Å². The minimum atomic E-state index is 0.691. The highest BCUT2D eigenvalue weighted by atomic mass is 15.3. The minimum absolute atomic E-state index is 0.691. The number of nitrogen functional groups attached to an aromatic ring is 1. The molecule has 1 unspecified atom stereocenters. The summed E-state index contributed by atoms with van der Waals surface area (Å²) in [5.41, 5.74) is 2.55. The molecule has 5 nitrogen and oxygen atoms in total. The molecule has 2 rings (SSSR count). The molecule has 1 atom stereocenters. The fourth-order valence-electron chi connectivity index (χ4n) is 2.30. The maximum atomic E-state index is 5.33. The van der Waals surface area contributed by atoms with E-state index in [0.717, 1.165) is 12.4 Å². The molecule has 2 heterocycles. The largest absolute Gasteiger partial charge is 0.370 e. The van der Waals surface area contributed by atoms with Gasteiger partial charge in [-0.2, -0.15) is 0 Å². The summed E-state index contributed by atoms with van der Waals surface area (Å²) in [6.07, 6.45) is 2.59. The molecule has 1 aliphatic heterocycles. The van der Waals surface area contributed by atoms with Crippen molar-refractivity contribution in [3.05, 3.63) is 18.2 Å². The predicted octanol–water partition coefficient (Wildman–Crippen LogP) is 1.12. The number of aromatic nitrogens is 1. The van der Waals surface area contributed by atoms with E-state index in [1.165, 1.54) is 25.9 Å². The van der Waals surface area contributed by atoms with Crippen molar-refractivity contribution in [2.45, 2.75) is 12.8 Å². The van der Waals surface area contributed by atoms with Gasteiger partial charge in [0.05, 0.1) is 0 Å². The van der Waals surface area contributed by atoms with E-state index in [0.29, 0.717) is 11.7 Å². The van der Waals surface area contributed by atoms with E-state index < -0.39 is 0 Å². The average Bonchev–Trinajstić information content (AvgIpc) is 2.37. The van der Waals surface area contributed by atoms with Gasteiger partial charge in [0.2, 0.25) is 0 Å². The lowest BCUT2D eigenvalue weighted by Crippen LogP contribution is -2.35. The van der Waals surface area contributed by atoms with Crippen LogP contribution in [-0.4, -0.2) is 36.6 Å². The molecule has 0 spiro atoms. The molecular weight excluding hydrogens is 214 g/mol. The van der Waals surface area contributed by atoms with Crippen molar-refractivity contribution in [3.63, 3.8) is 0 Å². The molecule has 1 aromatic heterocycles. The average molecular weight is 235 g/mol. The highest BCUT2D eigenvalue weighted by molar-refractivity contribution is 5.44. The summed E-state index contributed by atoms with van der Waals surface area (Å²) in [7, 11) is 2.18. The fourth-order valence-corrected chi connectivity index (χ4v) is 2.30. The first-order valence-corrected chi connectivity index (χ1v) is 6.14. The van der Waals surface area contributed by atoms with Crippen LogP contribution < -0.4 is 16.6 Å². The molecule has 0 aromatic carbocycles. The van der Waals surface area contributed by atoms with E-state index in [1.54, 1.807) is 0 Å². The number of pyridine rings is 1. The highest BCUT2D eigenvalue weighted by Crippen LogP contribution is 2.16. The van der Waals surface area contributed by atoms with Gasteiger partial charge in [0, 0.05) is 13.1 Å². The van der Waals surface area contributed by atoms with Crippen molar-refractivity contribution in [3.8, 4) is 0 Å². The Bertz CT molecular complexity index is 355. The molecule has 94 valence electrons. The van der Waals surface area contributed by atoms with Gasteiger partial charge in [-0.3, -0.25) is 0 Å². The Balaban J connectivity index is 1.84. The molecule has 1 saturated heterocycles. The summed E-state index contributed by atoms with van der Waals surface area (Å²) in [6.45, 7) is 3.37. The maximum absolute atomic E-state index is 5.33. The van der Waals surface area contributed by atoms with Gasteiger partial charge in [-0.25, -0.2) is 10.8 Å². The van der Waals surface area contributed by atoms with Gasteiger partial charge >= 0.3 is 0 Å². The van der Waals surface area contributed by atoms with E-state index >= 15 is 0 Å². The summed E-state index contributed by atoms with van der Waals surface area (Å²) in [5, 5.41) is 3.38.